The summed E-state index contributed by atoms with van der Waals surface area (Å²) in [5.41, 5.74) is -0.0238. The van der Waals surface area contributed by atoms with Crippen molar-refractivity contribution >= 4 is 11.6 Å². The Balaban J connectivity index is 1.48. The quantitative estimate of drug-likeness (QED) is 0.629. The second kappa shape index (κ2) is 7.73. The molecule has 132 valence electrons. The molecular formula is C16H19N5O4. The molecule has 1 amide bonds. The molecule has 25 heavy (non-hydrogen) atoms. The maximum atomic E-state index is 11.9. The molecule has 1 aliphatic rings. The molecule has 9 nitrogen and oxygen atoms in total. The SMILES string of the molecule is O=C(COc1ccc([N+](=O)[O-])cc1)NCc1nnc2n1CCCCC2. The minimum Gasteiger partial charge on any atom is -0.484 e. The highest BCUT2D eigenvalue weighted by Gasteiger charge is 2.15. The normalized spacial score (nSPS) is 13.6. The van der Waals surface area contributed by atoms with Gasteiger partial charge in [0, 0.05) is 25.1 Å². The third-order valence-electron chi connectivity index (χ3n) is 4.05. The van der Waals surface area contributed by atoms with Crippen LogP contribution in [0.3, 0.4) is 0 Å². The van der Waals surface area contributed by atoms with Crippen molar-refractivity contribution in [1.82, 2.24) is 20.1 Å². The van der Waals surface area contributed by atoms with E-state index in [9.17, 15) is 14.9 Å². The fraction of sp³-hybridized carbons (Fsp3) is 0.438. The number of nitrogens with one attached hydrogen (secondary N) is 1. The van der Waals surface area contributed by atoms with Crippen molar-refractivity contribution in [3.05, 3.63) is 46.0 Å². The number of nitrogens with zero attached hydrogens (tertiary/aromatic N) is 4. The number of non-ortho nitro benzene ring substituents is 1. The van der Waals surface area contributed by atoms with Crippen LogP contribution in [0.4, 0.5) is 5.69 Å². The zero-order valence-corrected chi connectivity index (χ0v) is 13.7. The summed E-state index contributed by atoms with van der Waals surface area (Å²) in [6, 6.07) is 5.59. The molecule has 1 aliphatic heterocycles. The summed E-state index contributed by atoms with van der Waals surface area (Å²) in [5.74, 6) is 1.84. The molecular weight excluding hydrogens is 326 g/mol. The summed E-state index contributed by atoms with van der Waals surface area (Å²) in [4.78, 5) is 22.0. The lowest BCUT2D eigenvalue weighted by molar-refractivity contribution is -0.384. The van der Waals surface area contributed by atoms with Gasteiger partial charge in [-0.25, -0.2) is 0 Å². The van der Waals surface area contributed by atoms with E-state index >= 15 is 0 Å². The third kappa shape index (κ3) is 4.31. The molecule has 0 spiro atoms. The van der Waals surface area contributed by atoms with Crippen molar-refractivity contribution in [3.63, 3.8) is 0 Å². The van der Waals surface area contributed by atoms with Gasteiger partial charge in [-0.3, -0.25) is 14.9 Å². The first-order valence-electron chi connectivity index (χ1n) is 8.18. The number of rotatable bonds is 6. The van der Waals surface area contributed by atoms with Crippen molar-refractivity contribution in [3.8, 4) is 5.75 Å². The van der Waals surface area contributed by atoms with Crippen LogP contribution in [0.1, 0.15) is 30.9 Å². The lowest BCUT2D eigenvalue weighted by Crippen LogP contribution is -2.29. The number of hydrogen-bond acceptors (Lipinski definition) is 6. The number of nitro benzene ring substituents is 1. The lowest BCUT2D eigenvalue weighted by atomic mass is 10.2. The van der Waals surface area contributed by atoms with E-state index in [0.29, 0.717) is 12.3 Å². The Bertz CT molecular complexity index is 756. The first-order chi connectivity index (χ1) is 12.1. The fourth-order valence-electron chi connectivity index (χ4n) is 2.72. The average molecular weight is 345 g/mol. The number of carbonyl (C=O) groups is 1. The second-order valence-corrected chi connectivity index (χ2v) is 5.81. The smallest absolute Gasteiger partial charge is 0.269 e. The number of carbonyl (C=O) groups excluding carboxylic acids is 1. The third-order valence-corrected chi connectivity index (χ3v) is 4.05. The summed E-state index contributed by atoms with van der Waals surface area (Å²) in [6.45, 7) is 1.01. The molecule has 0 bridgehead atoms. The molecule has 0 radical (unpaired) electrons. The topological polar surface area (TPSA) is 112 Å². The molecule has 0 fully saturated rings. The summed E-state index contributed by atoms with van der Waals surface area (Å²) < 4.78 is 7.40. The van der Waals surface area contributed by atoms with Crippen LogP contribution >= 0.6 is 0 Å². The minimum atomic E-state index is -0.488. The largest absolute Gasteiger partial charge is 0.484 e. The van der Waals surface area contributed by atoms with E-state index in [1.807, 2.05) is 0 Å². The van der Waals surface area contributed by atoms with Crippen molar-refractivity contribution in [2.45, 2.75) is 38.8 Å². The molecule has 0 atom stereocenters. The van der Waals surface area contributed by atoms with Crippen molar-refractivity contribution < 1.29 is 14.5 Å². The Morgan fingerprint density at radius 3 is 2.80 bits per heavy atom. The summed E-state index contributed by atoms with van der Waals surface area (Å²) >= 11 is 0. The van der Waals surface area contributed by atoms with Gasteiger partial charge in [0.2, 0.25) is 0 Å². The average Bonchev–Trinajstić information content (AvgIpc) is 2.85. The molecule has 9 heteroatoms. The van der Waals surface area contributed by atoms with Gasteiger partial charge >= 0.3 is 0 Å². The van der Waals surface area contributed by atoms with Crippen molar-refractivity contribution in [2.24, 2.45) is 0 Å². The van der Waals surface area contributed by atoms with Crippen molar-refractivity contribution in [1.29, 1.82) is 0 Å². The predicted molar refractivity (Wildman–Crippen MR) is 88.0 cm³/mol. The second-order valence-electron chi connectivity index (χ2n) is 5.81. The van der Waals surface area contributed by atoms with Crippen LogP contribution in [0.2, 0.25) is 0 Å². The number of aryl methyl sites for hydroxylation is 1. The van der Waals surface area contributed by atoms with Crippen LogP contribution in [0.25, 0.3) is 0 Å². The van der Waals surface area contributed by atoms with Crippen LogP contribution in [0.5, 0.6) is 5.75 Å². The highest BCUT2D eigenvalue weighted by Crippen LogP contribution is 2.17. The summed E-state index contributed by atoms with van der Waals surface area (Å²) in [6.07, 6.45) is 4.31. The molecule has 0 saturated heterocycles. The van der Waals surface area contributed by atoms with Crippen LogP contribution in [0.15, 0.2) is 24.3 Å². The maximum Gasteiger partial charge on any atom is 0.269 e. The lowest BCUT2D eigenvalue weighted by Gasteiger charge is -2.09. The van der Waals surface area contributed by atoms with E-state index in [1.54, 1.807) is 0 Å². The van der Waals surface area contributed by atoms with Gasteiger partial charge in [-0.15, -0.1) is 10.2 Å². The van der Waals surface area contributed by atoms with Gasteiger partial charge < -0.3 is 14.6 Å². The number of benzene rings is 1. The molecule has 0 unspecified atom stereocenters. The van der Waals surface area contributed by atoms with Gasteiger partial charge in [-0.1, -0.05) is 6.42 Å². The number of nitro groups is 1. The first-order valence-corrected chi connectivity index (χ1v) is 8.18. The predicted octanol–water partition coefficient (Wildman–Crippen LogP) is 1.61. The van der Waals surface area contributed by atoms with E-state index < -0.39 is 4.92 Å². The van der Waals surface area contributed by atoms with E-state index in [-0.39, 0.29) is 18.2 Å². The van der Waals surface area contributed by atoms with Gasteiger partial charge in [-0.05, 0) is 25.0 Å². The van der Waals surface area contributed by atoms with Crippen LogP contribution in [-0.2, 0) is 24.3 Å². The zero-order valence-electron chi connectivity index (χ0n) is 13.7. The Morgan fingerprint density at radius 1 is 1.24 bits per heavy atom. The van der Waals surface area contributed by atoms with Gasteiger partial charge in [0.25, 0.3) is 11.6 Å². The summed E-state index contributed by atoms with van der Waals surface area (Å²) in [5, 5.41) is 21.7. The number of fused-ring (bicyclic) bond motifs is 1. The zero-order chi connectivity index (χ0) is 17.6. The van der Waals surface area contributed by atoms with Gasteiger partial charge in [-0.2, -0.15) is 0 Å². The number of aromatic nitrogens is 3. The fourth-order valence-corrected chi connectivity index (χ4v) is 2.72. The maximum absolute atomic E-state index is 11.9. The van der Waals surface area contributed by atoms with Crippen molar-refractivity contribution in [2.75, 3.05) is 6.61 Å². The number of ether oxygens (including phenoxy) is 1. The molecule has 2 aromatic rings. The van der Waals surface area contributed by atoms with Crippen LogP contribution in [-0.4, -0.2) is 32.2 Å². The van der Waals surface area contributed by atoms with E-state index in [4.69, 9.17) is 4.74 Å². The summed E-state index contributed by atoms with van der Waals surface area (Å²) in [7, 11) is 0. The molecule has 2 heterocycles. The Morgan fingerprint density at radius 2 is 2.04 bits per heavy atom. The van der Waals surface area contributed by atoms with Crippen LogP contribution in [0, 0.1) is 10.1 Å². The standard InChI is InChI=1S/C16H19N5O4/c22-16(11-25-13-7-5-12(6-8-13)21(23)24)17-10-15-19-18-14-4-2-1-3-9-20(14)15/h5-8H,1-4,9-11H2,(H,17,22). The van der Waals surface area contributed by atoms with Gasteiger partial charge in [0.05, 0.1) is 11.5 Å². The van der Waals surface area contributed by atoms with E-state index in [2.05, 4.69) is 20.1 Å². The Hall–Kier alpha value is -2.97. The van der Waals surface area contributed by atoms with E-state index in [0.717, 1.165) is 37.5 Å². The molecule has 0 saturated carbocycles. The van der Waals surface area contributed by atoms with Crippen LogP contribution < -0.4 is 10.1 Å². The Kier molecular flexibility index (Phi) is 5.22. The number of amides is 1. The molecule has 3 rings (SSSR count). The highest BCUT2D eigenvalue weighted by atomic mass is 16.6. The monoisotopic (exact) mass is 345 g/mol. The molecule has 1 N–H and O–H groups in total. The number of hydrogen-bond donors (Lipinski definition) is 1. The van der Waals surface area contributed by atoms with E-state index in [1.165, 1.54) is 30.7 Å². The molecule has 1 aromatic carbocycles. The Labute approximate surface area is 144 Å². The molecule has 1 aromatic heterocycles. The minimum absolute atomic E-state index is 0.0238. The first kappa shape index (κ1) is 16.9. The van der Waals surface area contributed by atoms with Gasteiger partial charge in [0.1, 0.15) is 11.6 Å². The van der Waals surface area contributed by atoms with Gasteiger partial charge in [0.15, 0.2) is 12.4 Å². The highest BCUT2D eigenvalue weighted by molar-refractivity contribution is 5.77. The molecule has 0 aliphatic carbocycles.